The maximum atomic E-state index is 13.0. The molecule has 5 heteroatoms. The zero-order valence-electron chi connectivity index (χ0n) is 14.6. The number of halogens is 1. The van der Waals surface area contributed by atoms with Crippen LogP contribution in [0.5, 0.6) is 0 Å². The SMILES string of the molecule is CCOCc1cc(Br)ccc1C(=O)NC1C2CC3CC1CC(O)(C3)C2. The van der Waals surface area contributed by atoms with Gasteiger partial charge in [0.15, 0.2) is 0 Å². The van der Waals surface area contributed by atoms with E-state index in [-0.39, 0.29) is 11.9 Å². The second-order valence-corrected chi connectivity index (χ2v) is 9.05. The lowest BCUT2D eigenvalue weighted by Crippen LogP contribution is -2.61. The first-order chi connectivity index (χ1) is 12.0. The van der Waals surface area contributed by atoms with Gasteiger partial charge in [-0.15, -0.1) is 0 Å². The van der Waals surface area contributed by atoms with Gasteiger partial charge in [0.1, 0.15) is 0 Å². The fourth-order valence-corrected chi connectivity index (χ4v) is 5.97. The van der Waals surface area contributed by atoms with Crippen molar-refractivity contribution in [2.45, 2.75) is 57.3 Å². The van der Waals surface area contributed by atoms with Crippen LogP contribution in [-0.4, -0.2) is 29.3 Å². The average molecular weight is 408 g/mol. The molecule has 0 aliphatic heterocycles. The van der Waals surface area contributed by atoms with Crippen LogP contribution in [0.1, 0.15) is 54.9 Å². The molecule has 2 atom stereocenters. The van der Waals surface area contributed by atoms with Crippen LogP contribution in [0.3, 0.4) is 0 Å². The van der Waals surface area contributed by atoms with E-state index in [0.717, 1.165) is 42.1 Å². The average Bonchev–Trinajstić information content (AvgIpc) is 2.54. The van der Waals surface area contributed by atoms with Crippen LogP contribution in [0.15, 0.2) is 22.7 Å². The van der Waals surface area contributed by atoms with E-state index in [0.29, 0.717) is 36.5 Å². The van der Waals surface area contributed by atoms with E-state index in [1.165, 1.54) is 0 Å². The molecule has 1 aromatic carbocycles. The predicted octanol–water partition coefficient (Wildman–Crippen LogP) is 3.66. The lowest BCUT2D eigenvalue weighted by molar-refractivity contribution is -0.136. The maximum Gasteiger partial charge on any atom is 0.251 e. The summed E-state index contributed by atoms with van der Waals surface area (Å²) in [5, 5.41) is 14.0. The van der Waals surface area contributed by atoms with Crippen LogP contribution in [-0.2, 0) is 11.3 Å². The molecule has 1 aromatic rings. The van der Waals surface area contributed by atoms with Gasteiger partial charge in [-0.1, -0.05) is 15.9 Å². The van der Waals surface area contributed by atoms with Crippen molar-refractivity contribution in [2.75, 3.05) is 6.61 Å². The van der Waals surface area contributed by atoms with E-state index in [2.05, 4.69) is 21.2 Å². The molecule has 4 aliphatic rings. The molecule has 2 N–H and O–H groups in total. The third-order valence-corrected chi connectivity index (χ3v) is 6.81. The van der Waals surface area contributed by atoms with Crippen molar-refractivity contribution in [1.82, 2.24) is 5.32 Å². The van der Waals surface area contributed by atoms with E-state index in [1.807, 2.05) is 25.1 Å². The normalized spacial score (nSPS) is 35.8. The van der Waals surface area contributed by atoms with Gasteiger partial charge in [-0.3, -0.25) is 4.79 Å². The quantitative estimate of drug-likeness (QED) is 0.782. The van der Waals surface area contributed by atoms with Gasteiger partial charge in [0.05, 0.1) is 12.2 Å². The van der Waals surface area contributed by atoms with Gasteiger partial charge in [0, 0.05) is 22.7 Å². The van der Waals surface area contributed by atoms with Crippen molar-refractivity contribution in [3.63, 3.8) is 0 Å². The largest absolute Gasteiger partial charge is 0.390 e. The molecule has 2 unspecified atom stereocenters. The maximum absolute atomic E-state index is 13.0. The van der Waals surface area contributed by atoms with E-state index in [1.54, 1.807) is 0 Å². The minimum Gasteiger partial charge on any atom is -0.390 e. The summed E-state index contributed by atoms with van der Waals surface area (Å²) in [5.41, 5.74) is 1.15. The Morgan fingerprint density at radius 2 is 2.04 bits per heavy atom. The van der Waals surface area contributed by atoms with Crippen molar-refractivity contribution >= 4 is 21.8 Å². The van der Waals surface area contributed by atoms with Crippen molar-refractivity contribution in [1.29, 1.82) is 0 Å². The Labute approximate surface area is 157 Å². The highest BCUT2D eigenvalue weighted by Crippen LogP contribution is 2.55. The molecule has 25 heavy (non-hydrogen) atoms. The first-order valence-electron chi connectivity index (χ1n) is 9.37. The first-order valence-corrected chi connectivity index (χ1v) is 10.2. The van der Waals surface area contributed by atoms with Crippen molar-refractivity contribution in [3.8, 4) is 0 Å². The third kappa shape index (κ3) is 3.38. The summed E-state index contributed by atoms with van der Waals surface area (Å²) in [5.74, 6) is 1.49. The van der Waals surface area contributed by atoms with Crippen LogP contribution in [0.2, 0.25) is 0 Å². The van der Waals surface area contributed by atoms with Crippen molar-refractivity contribution < 1.29 is 14.6 Å². The van der Waals surface area contributed by atoms with E-state index < -0.39 is 5.60 Å². The molecule has 5 rings (SSSR count). The number of benzene rings is 1. The monoisotopic (exact) mass is 407 g/mol. The van der Waals surface area contributed by atoms with Gasteiger partial charge in [0.2, 0.25) is 0 Å². The minimum atomic E-state index is -0.463. The zero-order valence-corrected chi connectivity index (χ0v) is 16.2. The van der Waals surface area contributed by atoms with Crippen LogP contribution >= 0.6 is 15.9 Å². The highest BCUT2D eigenvalue weighted by atomic mass is 79.9. The summed E-state index contributed by atoms with van der Waals surface area (Å²) >= 11 is 3.48. The molecule has 1 amide bonds. The van der Waals surface area contributed by atoms with E-state index in [4.69, 9.17) is 4.74 Å². The lowest BCUT2D eigenvalue weighted by Gasteiger charge is -2.58. The standard InChI is InChI=1S/C20H26BrNO3/c1-2-25-11-15-7-16(21)3-4-17(15)19(23)22-18-13-5-12-6-14(18)10-20(24,8-12)9-13/h3-4,7,12-14,18,24H,2,5-6,8-11H2,1H3,(H,22,23). The highest BCUT2D eigenvalue weighted by Gasteiger charge is 2.55. The molecule has 4 nitrogen and oxygen atoms in total. The molecule has 136 valence electrons. The van der Waals surface area contributed by atoms with E-state index >= 15 is 0 Å². The van der Waals surface area contributed by atoms with Gasteiger partial charge < -0.3 is 15.2 Å². The Kier molecular flexibility index (Phi) is 4.67. The molecule has 4 fully saturated rings. The molecular weight excluding hydrogens is 382 g/mol. The summed E-state index contributed by atoms with van der Waals surface area (Å²) in [4.78, 5) is 13.0. The van der Waals surface area contributed by atoms with Crippen LogP contribution in [0.25, 0.3) is 0 Å². The predicted molar refractivity (Wildman–Crippen MR) is 99.2 cm³/mol. The second-order valence-electron chi connectivity index (χ2n) is 8.13. The summed E-state index contributed by atoms with van der Waals surface area (Å²) < 4.78 is 6.48. The van der Waals surface area contributed by atoms with Crippen molar-refractivity contribution in [2.24, 2.45) is 17.8 Å². The Bertz CT molecular complexity index is 661. The minimum absolute atomic E-state index is 0.00772. The third-order valence-electron chi connectivity index (χ3n) is 6.31. The number of hydrogen-bond acceptors (Lipinski definition) is 3. The number of carbonyl (C=O) groups is 1. The smallest absolute Gasteiger partial charge is 0.251 e. The van der Waals surface area contributed by atoms with Crippen LogP contribution < -0.4 is 5.32 Å². The van der Waals surface area contributed by atoms with Gasteiger partial charge in [-0.25, -0.2) is 0 Å². The van der Waals surface area contributed by atoms with Gasteiger partial charge in [-0.2, -0.15) is 0 Å². The van der Waals surface area contributed by atoms with Gasteiger partial charge in [-0.05, 0) is 80.5 Å². The molecule has 0 radical (unpaired) electrons. The van der Waals surface area contributed by atoms with Crippen molar-refractivity contribution in [3.05, 3.63) is 33.8 Å². The summed E-state index contributed by atoms with van der Waals surface area (Å²) in [7, 11) is 0. The number of rotatable bonds is 5. The fourth-order valence-electron chi connectivity index (χ4n) is 5.56. The van der Waals surface area contributed by atoms with Gasteiger partial charge >= 0.3 is 0 Å². The molecular formula is C20H26BrNO3. The number of aliphatic hydroxyl groups is 1. The molecule has 4 saturated carbocycles. The molecule has 4 bridgehead atoms. The Morgan fingerprint density at radius 1 is 1.32 bits per heavy atom. The van der Waals surface area contributed by atoms with E-state index in [9.17, 15) is 9.90 Å². The molecule has 0 heterocycles. The Hall–Kier alpha value is -0.910. The number of nitrogens with one attached hydrogen (secondary N) is 1. The number of carbonyl (C=O) groups excluding carboxylic acids is 1. The molecule has 0 spiro atoms. The topological polar surface area (TPSA) is 58.6 Å². The Balaban J connectivity index is 1.51. The summed E-state index contributed by atoms with van der Waals surface area (Å²) in [6.45, 7) is 3.02. The first kappa shape index (κ1) is 17.5. The fraction of sp³-hybridized carbons (Fsp3) is 0.650. The number of hydrogen-bond donors (Lipinski definition) is 2. The number of ether oxygens (including phenoxy) is 1. The summed E-state index contributed by atoms with van der Waals surface area (Å²) in [6, 6.07) is 5.94. The summed E-state index contributed by atoms with van der Waals surface area (Å²) in [6.07, 6.45) is 4.95. The molecule has 0 aromatic heterocycles. The second kappa shape index (κ2) is 6.67. The molecule has 0 saturated heterocycles. The number of amides is 1. The Morgan fingerprint density at radius 3 is 2.68 bits per heavy atom. The highest BCUT2D eigenvalue weighted by molar-refractivity contribution is 9.10. The van der Waals surface area contributed by atoms with Gasteiger partial charge in [0.25, 0.3) is 5.91 Å². The molecule has 4 aliphatic carbocycles. The van der Waals surface area contributed by atoms with Crippen LogP contribution in [0.4, 0.5) is 0 Å². The lowest BCUT2D eigenvalue weighted by atomic mass is 9.52. The van der Waals surface area contributed by atoms with Crippen LogP contribution in [0, 0.1) is 17.8 Å². The zero-order chi connectivity index (χ0) is 17.6.